The van der Waals surface area contributed by atoms with Crippen LogP contribution >= 0.6 is 11.3 Å². The van der Waals surface area contributed by atoms with E-state index >= 15 is 0 Å². The van der Waals surface area contributed by atoms with Crippen molar-refractivity contribution < 1.29 is 4.74 Å². The Morgan fingerprint density at radius 3 is 2.92 bits per heavy atom. The molecule has 0 aromatic carbocycles. The van der Waals surface area contributed by atoms with Crippen molar-refractivity contribution in [1.29, 1.82) is 0 Å². The Morgan fingerprint density at radius 2 is 2.46 bits per heavy atom. The summed E-state index contributed by atoms with van der Waals surface area (Å²) in [6, 6.07) is 2.28. The summed E-state index contributed by atoms with van der Waals surface area (Å²) < 4.78 is 5.19. The molecule has 0 aliphatic rings. The first-order chi connectivity index (χ1) is 6.27. The number of hydrazine groups is 1. The molecule has 0 bridgehead atoms. The minimum absolute atomic E-state index is 0.196. The van der Waals surface area contributed by atoms with Crippen LogP contribution in [0.3, 0.4) is 0 Å². The van der Waals surface area contributed by atoms with E-state index < -0.39 is 0 Å². The lowest BCUT2D eigenvalue weighted by Crippen LogP contribution is -2.30. The topological polar surface area (TPSA) is 47.3 Å². The van der Waals surface area contributed by atoms with Gasteiger partial charge in [0.1, 0.15) is 0 Å². The van der Waals surface area contributed by atoms with Crippen molar-refractivity contribution in [2.24, 2.45) is 5.84 Å². The molecule has 0 spiro atoms. The van der Waals surface area contributed by atoms with E-state index in [2.05, 4.69) is 22.3 Å². The van der Waals surface area contributed by atoms with Crippen molar-refractivity contribution in [2.45, 2.75) is 25.5 Å². The van der Waals surface area contributed by atoms with Gasteiger partial charge in [-0.3, -0.25) is 11.3 Å². The number of hydrogen-bond donors (Lipinski definition) is 2. The molecule has 0 radical (unpaired) electrons. The zero-order valence-electron chi connectivity index (χ0n) is 7.99. The van der Waals surface area contributed by atoms with E-state index in [0.717, 1.165) is 6.42 Å². The molecule has 0 fully saturated rings. The molecule has 3 N–H and O–H groups in total. The first-order valence-electron chi connectivity index (χ1n) is 4.29. The van der Waals surface area contributed by atoms with Gasteiger partial charge in [0.2, 0.25) is 0 Å². The Hall–Kier alpha value is -0.420. The molecule has 1 aromatic rings. The van der Waals surface area contributed by atoms with E-state index in [1.807, 2.05) is 6.92 Å². The van der Waals surface area contributed by atoms with Crippen molar-refractivity contribution in [2.75, 3.05) is 7.11 Å². The average Bonchev–Trinajstić information content (AvgIpc) is 2.66. The Labute approximate surface area is 82.9 Å². The van der Waals surface area contributed by atoms with Crippen LogP contribution in [0, 0.1) is 0 Å². The number of nitrogens with two attached hydrogens (primary N) is 1. The Kier molecular flexibility index (Phi) is 4.38. The van der Waals surface area contributed by atoms with E-state index in [4.69, 9.17) is 10.6 Å². The third kappa shape index (κ3) is 3.08. The molecule has 0 saturated heterocycles. The van der Waals surface area contributed by atoms with Crippen molar-refractivity contribution in [3.05, 3.63) is 22.4 Å². The first-order valence-corrected chi connectivity index (χ1v) is 5.23. The van der Waals surface area contributed by atoms with Gasteiger partial charge in [-0.05, 0) is 35.7 Å². The fourth-order valence-electron chi connectivity index (χ4n) is 1.20. The fraction of sp³-hybridized carbons (Fsp3) is 0.556. The molecular weight excluding hydrogens is 184 g/mol. The second-order valence-electron chi connectivity index (χ2n) is 3.06. The molecule has 1 rings (SSSR count). The highest BCUT2D eigenvalue weighted by atomic mass is 32.1. The quantitative estimate of drug-likeness (QED) is 0.561. The molecule has 3 nitrogen and oxygen atoms in total. The summed E-state index contributed by atoms with van der Waals surface area (Å²) in [5.74, 6) is 5.47. The molecule has 74 valence electrons. The molecule has 4 heteroatoms. The lowest BCUT2D eigenvalue weighted by Gasteiger charge is -2.18. The lowest BCUT2D eigenvalue weighted by atomic mass is 10.1. The summed E-state index contributed by atoms with van der Waals surface area (Å²) >= 11 is 1.68. The number of hydrogen-bond acceptors (Lipinski definition) is 4. The number of rotatable bonds is 5. The summed E-state index contributed by atoms with van der Waals surface area (Å²) in [6.07, 6.45) is 1.12. The molecular formula is C9H16N2OS. The molecule has 1 heterocycles. The van der Waals surface area contributed by atoms with Crippen LogP contribution in [0.25, 0.3) is 0 Å². The van der Waals surface area contributed by atoms with Gasteiger partial charge in [-0.1, -0.05) is 0 Å². The fourth-order valence-corrected chi connectivity index (χ4v) is 1.92. The van der Waals surface area contributed by atoms with Crippen LogP contribution in [0.5, 0.6) is 0 Å². The summed E-state index contributed by atoms with van der Waals surface area (Å²) in [7, 11) is 1.71. The summed E-state index contributed by atoms with van der Waals surface area (Å²) in [5.41, 5.74) is 4.03. The zero-order chi connectivity index (χ0) is 9.68. The van der Waals surface area contributed by atoms with E-state index in [-0.39, 0.29) is 12.1 Å². The number of ether oxygens (including phenoxy) is 1. The molecule has 0 amide bonds. The Morgan fingerprint density at radius 1 is 1.69 bits per heavy atom. The maximum atomic E-state index is 5.47. The Balaban J connectivity index is 2.53. The maximum absolute atomic E-state index is 5.47. The SMILES string of the molecule is COC(C)CC(NN)c1ccsc1. The molecule has 2 unspecified atom stereocenters. The van der Waals surface area contributed by atoms with Gasteiger partial charge in [-0.15, -0.1) is 0 Å². The van der Waals surface area contributed by atoms with Gasteiger partial charge in [0, 0.05) is 13.2 Å². The minimum atomic E-state index is 0.196. The van der Waals surface area contributed by atoms with Gasteiger partial charge in [0.05, 0.1) is 6.10 Å². The number of thiophene rings is 1. The molecule has 1 aromatic heterocycles. The van der Waals surface area contributed by atoms with Crippen molar-refractivity contribution in [3.63, 3.8) is 0 Å². The minimum Gasteiger partial charge on any atom is -0.382 e. The lowest BCUT2D eigenvalue weighted by molar-refractivity contribution is 0.100. The largest absolute Gasteiger partial charge is 0.382 e. The summed E-state index contributed by atoms with van der Waals surface area (Å²) in [5, 5.41) is 4.16. The van der Waals surface area contributed by atoms with Crippen LogP contribution in [-0.2, 0) is 4.74 Å². The highest BCUT2D eigenvalue weighted by Gasteiger charge is 2.13. The second-order valence-corrected chi connectivity index (χ2v) is 3.84. The smallest absolute Gasteiger partial charge is 0.0561 e. The average molecular weight is 200 g/mol. The number of methoxy groups -OCH3 is 1. The molecule has 0 aliphatic carbocycles. The highest BCUT2D eigenvalue weighted by molar-refractivity contribution is 7.07. The van der Waals surface area contributed by atoms with Gasteiger partial charge >= 0.3 is 0 Å². The van der Waals surface area contributed by atoms with Crippen molar-refractivity contribution in [1.82, 2.24) is 5.43 Å². The first kappa shape index (κ1) is 10.7. The van der Waals surface area contributed by atoms with E-state index in [0.29, 0.717) is 0 Å². The summed E-state index contributed by atoms with van der Waals surface area (Å²) in [6.45, 7) is 2.04. The standard InChI is InChI=1S/C9H16N2OS/c1-7(12-2)5-9(11-10)8-3-4-13-6-8/h3-4,6-7,9,11H,5,10H2,1-2H3. The molecule has 0 saturated carbocycles. The predicted octanol–water partition coefficient (Wildman–Crippen LogP) is 1.68. The van der Waals surface area contributed by atoms with Gasteiger partial charge in [0.25, 0.3) is 0 Å². The van der Waals surface area contributed by atoms with Gasteiger partial charge in [-0.2, -0.15) is 11.3 Å². The zero-order valence-corrected chi connectivity index (χ0v) is 8.80. The van der Waals surface area contributed by atoms with Crippen molar-refractivity contribution in [3.8, 4) is 0 Å². The number of nitrogens with one attached hydrogen (secondary N) is 1. The highest BCUT2D eigenvalue weighted by Crippen LogP contribution is 2.20. The van der Waals surface area contributed by atoms with Crippen LogP contribution in [0.4, 0.5) is 0 Å². The Bertz CT molecular complexity index is 226. The molecule has 2 atom stereocenters. The third-order valence-corrected chi connectivity index (χ3v) is 2.82. The van der Waals surface area contributed by atoms with Crippen molar-refractivity contribution >= 4 is 11.3 Å². The van der Waals surface area contributed by atoms with E-state index in [1.165, 1.54) is 5.56 Å². The van der Waals surface area contributed by atoms with Crippen LogP contribution < -0.4 is 11.3 Å². The van der Waals surface area contributed by atoms with E-state index in [1.54, 1.807) is 18.4 Å². The van der Waals surface area contributed by atoms with Gasteiger partial charge in [0.15, 0.2) is 0 Å². The summed E-state index contributed by atoms with van der Waals surface area (Å²) in [4.78, 5) is 0. The van der Waals surface area contributed by atoms with Crippen LogP contribution in [0.15, 0.2) is 16.8 Å². The van der Waals surface area contributed by atoms with E-state index in [9.17, 15) is 0 Å². The van der Waals surface area contributed by atoms with Crippen LogP contribution in [0.1, 0.15) is 24.9 Å². The monoisotopic (exact) mass is 200 g/mol. The third-order valence-electron chi connectivity index (χ3n) is 2.12. The maximum Gasteiger partial charge on any atom is 0.0561 e. The normalized spacial score (nSPS) is 15.6. The van der Waals surface area contributed by atoms with Gasteiger partial charge in [-0.25, -0.2) is 0 Å². The predicted molar refractivity (Wildman–Crippen MR) is 55.5 cm³/mol. The molecule has 0 aliphatic heterocycles. The van der Waals surface area contributed by atoms with Crippen LogP contribution in [0.2, 0.25) is 0 Å². The molecule has 13 heavy (non-hydrogen) atoms. The second kappa shape index (κ2) is 5.34. The van der Waals surface area contributed by atoms with Gasteiger partial charge < -0.3 is 4.74 Å². The van der Waals surface area contributed by atoms with Crippen LogP contribution in [-0.4, -0.2) is 13.2 Å².